The van der Waals surface area contributed by atoms with Crippen LogP contribution < -0.4 is 26.4 Å². The van der Waals surface area contributed by atoms with Gasteiger partial charge in [-0.15, -0.1) is 0 Å². The van der Waals surface area contributed by atoms with E-state index in [0.717, 1.165) is 8.47 Å². The molecule has 1 aliphatic rings. The average Bonchev–Trinajstić information content (AvgIpc) is 0.800. The number of carbonyl (C=O) groups excluding carboxylic acids is 5. The second kappa shape index (κ2) is 72.7. The number of benzene rings is 1. The van der Waals surface area contributed by atoms with Gasteiger partial charge >= 0.3 is 6.03 Å². The van der Waals surface area contributed by atoms with E-state index in [1.807, 2.05) is 6.07 Å². The van der Waals surface area contributed by atoms with E-state index in [-0.39, 0.29) is 51.5 Å². The molecule has 1 atom stereocenters. The minimum atomic E-state index is -0.945. The van der Waals surface area contributed by atoms with E-state index in [2.05, 4.69) is 27.9 Å². The van der Waals surface area contributed by atoms with Crippen molar-refractivity contribution in [3.8, 4) is 5.75 Å². The summed E-state index contributed by atoms with van der Waals surface area (Å²) in [5.74, 6) is -2.61. The Morgan fingerprint density at radius 1 is 0.392 bits per heavy atom. The summed E-state index contributed by atoms with van der Waals surface area (Å²) < 4.78 is 138. The third-order valence-corrected chi connectivity index (χ3v) is 14.0. The molecule has 36 heteroatoms. The molecule has 0 radical (unpaired) electrons. The van der Waals surface area contributed by atoms with Gasteiger partial charge in [-0.3, -0.25) is 24.1 Å². The molecule has 35 nitrogen and oxygen atoms in total. The first-order valence-corrected chi connectivity index (χ1v) is 35.9. The number of nitrogens with zero attached hydrogens (tertiary/aromatic N) is 2. The second-order valence-corrected chi connectivity index (χ2v) is 22.5. The van der Waals surface area contributed by atoms with Gasteiger partial charge in [-0.2, -0.15) is 0 Å². The number of amides is 6. The van der Waals surface area contributed by atoms with Crippen LogP contribution in [0.15, 0.2) is 18.2 Å². The summed E-state index contributed by atoms with van der Waals surface area (Å²) in [6, 6.07) is 4.73. The van der Waals surface area contributed by atoms with Crippen LogP contribution in [0.4, 0.5) is 10.5 Å². The summed E-state index contributed by atoms with van der Waals surface area (Å²) in [4.78, 5) is 63.8. The van der Waals surface area contributed by atoms with Gasteiger partial charge in [0.25, 0.3) is 0 Å². The lowest BCUT2D eigenvalue weighted by Crippen LogP contribution is -2.56. The van der Waals surface area contributed by atoms with Crippen molar-refractivity contribution in [3.63, 3.8) is 0 Å². The van der Waals surface area contributed by atoms with Gasteiger partial charge in [-0.05, 0) is 40.8 Å². The quantitative estimate of drug-likeness (QED) is 0.0583. The van der Waals surface area contributed by atoms with E-state index < -0.39 is 36.3 Å². The fourth-order valence-electron chi connectivity index (χ4n) is 8.17. The van der Waals surface area contributed by atoms with E-state index in [4.69, 9.17) is 130 Å². The number of halogens is 1. The summed E-state index contributed by atoms with van der Waals surface area (Å²) in [7, 11) is 1.49. The van der Waals surface area contributed by atoms with Gasteiger partial charge in [0.1, 0.15) is 12.4 Å². The van der Waals surface area contributed by atoms with Crippen LogP contribution in [0.2, 0.25) is 0 Å². The van der Waals surface area contributed by atoms with Crippen molar-refractivity contribution in [2.75, 3.05) is 342 Å². The maximum Gasteiger partial charge on any atom is 0.332 e. The van der Waals surface area contributed by atoms with E-state index in [0.29, 0.717) is 309 Å². The van der Waals surface area contributed by atoms with Crippen LogP contribution in [-0.2, 0) is 133 Å². The highest BCUT2D eigenvalue weighted by molar-refractivity contribution is 14.1. The number of nitrogens with one attached hydrogen (secondary N) is 1. The average molecular weight is 1590 g/mol. The van der Waals surface area contributed by atoms with E-state index >= 15 is 0 Å². The summed E-state index contributed by atoms with van der Waals surface area (Å²) in [5, 5.41) is 2.58. The van der Waals surface area contributed by atoms with Crippen molar-refractivity contribution in [2.24, 2.45) is 17.4 Å². The molecule has 1 aromatic rings. The van der Waals surface area contributed by atoms with Crippen LogP contribution in [0.1, 0.15) is 19.3 Å². The fourth-order valence-corrected chi connectivity index (χ4v) is 8.65. The third-order valence-electron chi connectivity index (χ3n) is 13.3. The fraction of sp³-hybridized carbons (Fsp3) is 0.833. The molecule has 1 heterocycles. The lowest BCUT2D eigenvalue weighted by molar-refractivity contribution is -0.134. The Balaban J connectivity index is 1.16. The van der Waals surface area contributed by atoms with E-state index in [9.17, 15) is 24.0 Å². The minimum Gasteiger partial charge on any atom is -0.495 e. The summed E-state index contributed by atoms with van der Waals surface area (Å²) in [6.45, 7) is 20.0. The largest absolute Gasteiger partial charge is 0.495 e. The predicted molar refractivity (Wildman–Crippen MR) is 374 cm³/mol. The molecule has 0 aromatic heterocycles. The molecule has 0 spiro atoms. The number of rotatable bonds is 81. The number of anilines is 1. The lowest BCUT2D eigenvalue weighted by atomic mass is 10.1. The number of ether oxygens (including phenoxy) is 25. The number of imide groups is 1. The third kappa shape index (κ3) is 59.3. The molecular weight excluding hydrogens is 1470 g/mol. The number of hydrogen-bond acceptors (Lipinski definition) is 30. The molecule has 0 unspecified atom stereocenters. The number of hydrogen-bond donors (Lipinski definition) is 3. The Bertz CT molecular complexity index is 2130. The molecule has 0 aliphatic carbocycles. The number of urea groups is 1. The zero-order chi connectivity index (χ0) is 73.3. The van der Waals surface area contributed by atoms with Gasteiger partial charge in [0.05, 0.1) is 336 Å². The van der Waals surface area contributed by atoms with Crippen molar-refractivity contribution < 1.29 is 142 Å². The van der Waals surface area contributed by atoms with Crippen LogP contribution in [0.5, 0.6) is 5.75 Å². The molecule has 2 rings (SSSR count). The van der Waals surface area contributed by atoms with Crippen LogP contribution in [0.3, 0.4) is 0 Å². The van der Waals surface area contributed by atoms with E-state index in [1.165, 1.54) is 12.0 Å². The van der Waals surface area contributed by atoms with Gasteiger partial charge in [0.2, 0.25) is 23.6 Å². The topological polar surface area (TPSA) is 387 Å². The molecule has 1 aromatic carbocycles. The SMILES string of the molecule is COc1ccc(I)cc1N1CCC(=O)N(CNC(=O)[C@H](COCCOCCOCCOCCOCCOCCOCCOCCOCCOCCOCCOCCOCCOCCOCCOCCOCCOCCOCCOCCOCCOCCOCCOCCC(N)=O)CC(N)=O)C1=O. The molecule has 1 saturated heterocycles. The highest BCUT2D eigenvalue weighted by Crippen LogP contribution is 2.32. The molecule has 1 aliphatic heterocycles. The first-order valence-electron chi connectivity index (χ1n) is 34.8. The van der Waals surface area contributed by atoms with Crippen molar-refractivity contribution >= 4 is 57.9 Å². The second-order valence-electron chi connectivity index (χ2n) is 21.3. The predicted octanol–water partition coefficient (Wildman–Crippen LogP) is 0.298. The molecule has 102 heavy (non-hydrogen) atoms. The molecule has 0 saturated carbocycles. The van der Waals surface area contributed by atoms with E-state index in [1.54, 1.807) is 12.1 Å². The van der Waals surface area contributed by atoms with Gasteiger partial charge in [0, 0.05) is 29.4 Å². The Morgan fingerprint density at radius 3 is 0.892 bits per heavy atom. The van der Waals surface area contributed by atoms with Crippen LogP contribution in [-0.4, -0.2) is 372 Å². The summed E-state index contributed by atoms with van der Waals surface area (Å²) >= 11 is 2.12. The minimum absolute atomic E-state index is 0.0454. The molecule has 0 bridgehead atoms. The summed E-state index contributed by atoms with van der Waals surface area (Å²) in [6.07, 6.45) is -0.0388. The number of carbonyl (C=O) groups is 5. The molecule has 594 valence electrons. The summed E-state index contributed by atoms with van der Waals surface area (Å²) in [5.41, 5.74) is 10.9. The Hall–Kier alpha value is -3.86. The van der Waals surface area contributed by atoms with Crippen molar-refractivity contribution in [3.05, 3.63) is 21.8 Å². The molecule has 6 amide bonds. The van der Waals surface area contributed by atoms with Gasteiger partial charge < -0.3 is 135 Å². The molecular formula is C66H118IN5O30. The van der Waals surface area contributed by atoms with Crippen LogP contribution in [0.25, 0.3) is 0 Å². The lowest BCUT2D eigenvalue weighted by Gasteiger charge is -2.35. The maximum atomic E-state index is 13.3. The Kier molecular flexibility index (Phi) is 67.1. The van der Waals surface area contributed by atoms with Crippen molar-refractivity contribution in [1.29, 1.82) is 0 Å². The number of primary amides is 2. The van der Waals surface area contributed by atoms with Gasteiger partial charge in [0.15, 0.2) is 0 Å². The first kappa shape index (κ1) is 94.2. The normalized spacial score (nSPS) is 12.9. The van der Waals surface area contributed by atoms with Crippen LogP contribution >= 0.6 is 22.6 Å². The monoisotopic (exact) mass is 1590 g/mol. The van der Waals surface area contributed by atoms with Crippen LogP contribution in [0, 0.1) is 9.49 Å². The smallest absolute Gasteiger partial charge is 0.332 e. The number of nitrogens with two attached hydrogens (primary N) is 2. The molecule has 1 fully saturated rings. The highest BCUT2D eigenvalue weighted by atomic mass is 127. The van der Waals surface area contributed by atoms with Crippen molar-refractivity contribution in [2.45, 2.75) is 19.3 Å². The Morgan fingerprint density at radius 2 is 0.647 bits per heavy atom. The maximum absolute atomic E-state index is 13.3. The van der Waals surface area contributed by atoms with Gasteiger partial charge in [-0.1, -0.05) is 0 Å². The van der Waals surface area contributed by atoms with Crippen molar-refractivity contribution in [1.82, 2.24) is 10.2 Å². The number of methoxy groups -OCH3 is 1. The standard InChI is InChI=1S/C66H118IN5O30/c1-78-61-3-2-59(67)55-60(61)71-6-4-64(75)72(66(71)77)57-70-65(76)58(54-63(69)74)56-102-53-52-101-51-50-100-49-48-99-47-46-98-45-44-97-43-42-96-41-40-95-39-38-94-37-36-93-35-34-92-33-32-91-31-30-90-29-28-89-27-26-88-25-24-87-23-22-86-21-20-85-19-18-84-17-16-83-15-14-82-13-12-81-11-10-80-9-8-79-7-5-62(68)73/h2-3,55,58H,4-54,56-57H2,1H3,(H2,68,73)(H2,69,74)(H,70,76)/t58-/m0/s1. The highest BCUT2D eigenvalue weighted by Gasteiger charge is 2.35. The zero-order valence-electron chi connectivity index (χ0n) is 60.0. The zero-order valence-corrected chi connectivity index (χ0v) is 62.1. The van der Waals surface area contributed by atoms with Gasteiger partial charge in [-0.25, -0.2) is 9.69 Å². The Labute approximate surface area is 614 Å². The molecule has 5 N–H and O–H groups in total. The first-order chi connectivity index (χ1) is 50.1.